The van der Waals surface area contributed by atoms with Gasteiger partial charge in [-0.15, -0.1) is 6.42 Å². The van der Waals surface area contributed by atoms with Crippen LogP contribution in [0, 0.1) is 12.3 Å². The second-order valence-electron chi connectivity index (χ2n) is 3.22. The number of terminal acetylenes is 1. The average Bonchev–Trinajstić information content (AvgIpc) is 2.18. The van der Waals surface area contributed by atoms with Gasteiger partial charge in [0.2, 0.25) is 0 Å². The third-order valence-corrected chi connectivity index (χ3v) is 2.29. The Morgan fingerprint density at radius 3 is 3.07 bits per heavy atom. The molecule has 1 atom stereocenters. The largest absolute Gasteiger partial charge is 0.489 e. The molecule has 1 N–H and O–H groups in total. The van der Waals surface area contributed by atoms with Gasteiger partial charge < -0.3 is 10.1 Å². The zero-order valence-corrected chi connectivity index (χ0v) is 10.3. The van der Waals surface area contributed by atoms with Crippen molar-refractivity contribution in [1.82, 2.24) is 5.32 Å². The molecule has 0 aromatic heterocycles. The molecule has 1 aromatic rings. The Labute approximate surface area is 99.2 Å². The first-order valence-corrected chi connectivity index (χ1v) is 5.58. The summed E-state index contributed by atoms with van der Waals surface area (Å²) in [5.74, 6) is 3.38. The number of nitrogens with one attached hydrogen (secondary N) is 1. The summed E-state index contributed by atoms with van der Waals surface area (Å²) in [4.78, 5) is 0. The van der Waals surface area contributed by atoms with Crippen LogP contribution >= 0.6 is 15.9 Å². The van der Waals surface area contributed by atoms with Crippen LogP contribution in [0.15, 0.2) is 28.7 Å². The molecule has 80 valence electrons. The van der Waals surface area contributed by atoms with Gasteiger partial charge in [0.15, 0.2) is 0 Å². The molecule has 0 spiro atoms. The normalized spacial score (nSPS) is 11.8. The highest BCUT2D eigenvalue weighted by atomic mass is 79.9. The van der Waals surface area contributed by atoms with E-state index in [0.717, 1.165) is 16.8 Å². The quantitative estimate of drug-likeness (QED) is 0.654. The van der Waals surface area contributed by atoms with Crippen LogP contribution in [0.1, 0.15) is 6.92 Å². The molecule has 3 heteroatoms. The maximum Gasteiger partial charge on any atom is 0.120 e. The summed E-state index contributed by atoms with van der Waals surface area (Å²) in [6.07, 6.45) is 5.23. The lowest BCUT2D eigenvalue weighted by Crippen LogP contribution is -2.29. The van der Waals surface area contributed by atoms with Gasteiger partial charge >= 0.3 is 0 Å². The molecule has 15 heavy (non-hydrogen) atoms. The Balaban J connectivity index is 2.38. The Kier molecular flexibility index (Phi) is 5.23. The smallest absolute Gasteiger partial charge is 0.120 e. The second kappa shape index (κ2) is 6.49. The van der Waals surface area contributed by atoms with Crippen molar-refractivity contribution >= 4 is 15.9 Å². The van der Waals surface area contributed by atoms with Crippen LogP contribution < -0.4 is 10.1 Å². The van der Waals surface area contributed by atoms with Gasteiger partial charge in [-0.3, -0.25) is 0 Å². The van der Waals surface area contributed by atoms with Crippen molar-refractivity contribution in [1.29, 1.82) is 0 Å². The fourth-order valence-electron chi connectivity index (χ4n) is 1.16. The van der Waals surface area contributed by atoms with Gasteiger partial charge in [-0.2, -0.15) is 0 Å². The Morgan fingerprint density at radius 2 is 2.40 bits per heavy atom. The molecular weight excluding hydrogens is 254 g/mol. The molecule has 1 aromatic carbocycles. The highest BCUT2D eigenvalue weighted by Gasteiger charge is 2.02. The van der Waals surface area contributed by atoms with Crippen LogP contribution in [0.4, 0.5) is 0 Å². The van der Waals surface area contributed by atoms with Crippen LogP contribution in [-0.4, -0.2) is 19.2 Å². The topological polar surface area (TPSA) is 21.3 Å². The van der Waals surface area contributed by atoms with Crippen molar-refractivity contribution in [2.75, 3.05) is 13.1 Å². The zero-order valence-electron chi connectivity index (χ0n) is 8.66. The van der Waals surface area contributed by atoms with Crippen LogP contribution in [0.25, 0.3) is 0 Å². The summed E-state index contributed by atoms with van der Waals surface area (Å²) in [5, 5.41) is 3.10. The molecule has 0 aliphatic rings. The van der Waals surface area contributed by atoms with Crippen molar-refractivity contribution in [3.8, 4) is 18.1 Å². The minimum absolute atomic E-state index is 0.104. The average molecular weight is 268 g/mol. The molecule has 0 amide bonds. The molecule has 0 fully saturated rings. The van der Waals surface area contributed by atoms with E-state index < -0.39 is 0 Å². The van der Waals surface area contributed by atoms with Crippen molar-refractivity contribution in [2.45, 2.75) is 13.0 Å². The van der Waals surface area contributed by atoms with Crippen LogP contribution in [0.2, 0.25) is 0 Å². The lowest BCUT2D eigenvalue weighted by Gasteiger charge is -2.14. The Hall–Kier alpha value is -0.980. The van der Waals surface area contributed by atoms with E-state index in [4.69, 9.17) is 11.2 Å². The second-order valence-corrected chi connectivity index (χ2v) is 4.14. The number of rotatable bonds is 5. The predicted octanol–water partition coefficient (Wildman–Crippen LogP) is 2.44. The molecule has 0 aliphatic carbocycles. The number of hydrogen-bond acceptors (Lipinski definition) is 2. The third-order valence-electron chi connectivity index (χ3n) is 1.79. The lowest BCUT2D eigenvalue weighted by atomic mass is 10.3. The van der Waals surface area contributed by atoms with E-state index in [-0.39, 0.29) is 6.10 Å². The van der Waals surface area contributed by atoms with E-state index in [2.05, 4.69) is 27.2 Å². The molecule has 1 unspecified atom stereocenters. The fraction of sp³-hybridized carbons (Fsp3) is 0.333. The minimum Gasteiger partial charge on any atom is -0.489 e. The Bertz CT molecular complexity index is 346. The highest BCUT2D eigenvalue weighted by Crippen LogP contribution is 2.18. The number of benzene rings is 1. The molecule has 0 bridgehead atoms. The third kappa shape index (κ3) is 4.87. The van der Waals surface area contributed by atoms with Crippen molar-refractivity contribution in [3.05, 3.63) is 28.7 Å². The maximum absolute atomic E-state index is 5.68. The first-order chi connectivity index (χ1) is 7.22. The molecule has 0 radical (unpaired) electrons. The zero-order chi connectivity index (χ0) is 11.1. The Morgan fingerprint density at radius 1 is 1.60 bits per heavy atom. The standard InChI is InChI=1S/C12H14BrNO/c1-3-7-14-9-10(2)15-12-6-4-5-11(13)8-12/h1,4-6,8,10,14H,7,9H2,2H3. The predicted molar refractivity (Wildman–Crippen MR) is 65.9 cm³/mol. The van der Waals surface area contributed by atoms with Crippen molar-refractivity contribution in [2.24, 2.45) is 0 Å². The van der Waals surface area contributed by atoms with Crippen LogP contribution in [0.3, 0.4) is 0 Å². The van der Waals surface area contributed by atoms with Crippen molar-refractivity contribution in [3.63, 3.8) is 0 Å². The molecule has 0 saturated heterocycles. The number of ether oxygens (including phenoxy) is 1. The summed E-state index contributed by atoms with van der Waals surface area (Å²) in [5.41, 5.74) is 0. The number of hydrogen-bond donors (Lipinski definition) is 1. The van der Waals surface area contributed by atoms with Gasteiger partial charge in [-0.1, -0.05) is 27.9 Å². The van der Waals surface area contributed by atoms with Crippen LogP contribution in [-0.2, 0) is 0 Å². The SMILES string of the molecule is C#CCNCC(C)Oc1cccc(Br)c1. The van der Waals surface area contributed by atoms with E-state index in [1.165, 1.54) is 0 Å². The lowest BCUT2D eigenvalue weighted by molar-refractivity contribution is 0.219. The van der Waals surface area contributed by atoms with E-state index in [0.29, 0.717) is 6.54 Å². The van der Waals surface area contributed by atoms with E-state index in [1.54, 1.807) is 0 Å². The molecule has 0 saturated carbocycles. The van der Waals surface area contributed by atoms with Crippen LogP contribution in [0.5, 0.6) is 5.75 Å². The number of halogens is 1. The molecule has 2 nitrogen and oxygen atoms in total. The van der Waals surface area contributed by atoms with Gasteiger partial charge in [-0.05, 0) is 25.1 Å². The van der Waals surface area contributed by atoms with Gasteiger partial charge in [0.05, 0.1) is 6.54 Å². The molecule has 0 aliphatic heterocycles. The summed E-state index contributed by atoms with van der Waals surface area (Å²) in [6.45, 7) is 3.33. The van der Waals surface area contributed by atoms with Crippen molar-refractivity contribution < 1.29 is 4.74 Å². The maximum atomic E-state index is 5.68. The van der Waals surface area contributed by atoms with Gasteiger partial charge in [0.1, 0.15) is 11.9 Å². The van der Waals surface area contributed by atoms with Gasteiger partial charge in [-0.25, -0.2) is 0 Å². The highest BCUT2D eigenvalue weighted by molar-refractivity contribution is 9.10. The van der Waals surface area contributed by atoms with Gasteiger partial charge in [0, 0.05) is 11.0 Å². The summed E-state index contributed by atoms with van der Waals surface area (Å²) in [7, 11) is 0. The monoisotopic (exact) mass is 267 g/mol. The van der Waals surface area contributed by atoms with E-state index in [9.17, 15) is 0 Å². The first-order valence-electron chi connectivity index (χ1n) is 4.79. The molecule has 0 heterocycles. The summed E-state index contributed by atoms with van der Waals surface area (Å²) < 4.78 is 6.70. The molecular formula is C12H14BrNO. The summed E-state index contributed by atoms with van der Waals surface area (Å²) in [6, 6.07) is 7.79. The summed E-state index contributed by atoms with van der Waals surface area (Å²) >= 11 is 3.39. The fourth-order valence-corrected chi connectivity index (χ4v) is 1.54. The first kappa shape index (κ1) is 12.1. The minimum atomic E-state index is 0.104. The van der Waals surface area contributed by atoms with E-state index in [1.807, 2.05) is 31.2 Å². The van der Waals surface area contributed by atoms with Gasteiger partial charge in [0.25, 0.3) is 0 Å². The molecule has 1 rings (SSSR count). The van der Waals surface area contributed by atoms with E-state index >= 15 is 0 Å².